The molecule has 6 nitrogen and oxygen atoms in total. The first-order valence-corrected chi connectivity index (χ1v) is 9.55. The average molecular weight is 395 g/mol. The van der Waals surface area contributed by atoms with Crippen molar-refractivity contribution in [2.24, 2.45) is 0 Å². The third-order valence-corrected chi connectivity index (χ3v) is 6.78. The number of aromatic amines is 1. The Morgan fingerprint density at radius 2 is 1.59 bits per heavy atom. The molecule has 18 radical (unpaired) electrons. The molecule has 3 heterocycles. The minimum absolute atomic E-state index is 0.264. The Morgan fingerprint density at radius 1 is 0.969 bits per heavy atom. The zero-order valence-electron chi connectivity index (χ0n) is 17.1. The van der Waals surface area contributed by atoms with E-state index in [1.54, 1.807) is 12.4 Å². The van der Waals surface area contributed by atoms with E-state index in [0.717, 1.165) is 5.39 Å². The molecule has 32 heavy (non-hydrogen) atoms. The highest BCUT2D eigenvalue weighted by Crippen LogP contribution is 2.88. The first-order chi connectivity index (χ1) is 14.8. The van der Waals surface area contributed by atoms with Crippen LogP contribution in [0.15, 0.2) is 31.0 Å². The predicted octanol–water partition coefficient (Wildman–Crippen LogP) is -0.570. The second kappa shape index (κ2) is 6.95. The highest BCUT2D eigenvalue weighted by atomic mass is 15.3. The van der Waals surface area contributed by atoms with Gasteiger partial charge in [0.1, 0.15) is 12.0 Å². The molecule has 1 atom stereocenters. The van der Waals surface area contributed by atoms with Gasteiger partial charge in [0.15, 0.2) is 0 Å². The molecule has 134 valence electrons. The van der Waals surface area contributed by atoms with Crippen molar-refractivity contribution in [2.75, 3.05) is 0 Å². The Bertz CT molecular complexity index is 1200. The molecule has 1 fully saturated rings. The number of rotatable bonds is 4. The van der Waals surface area contributed by atoms with Crippen molar-refractivity contribution in [2.45, 2.75) is 38.6 Å². The van der Waals surface area contributed by atoms with Crippen molar-refractivity contribution in [3.8, 4) is 17.3 Å². The van der Waals surface area contributed by atoms with Gasteiger partial charge in [-0.3, -0.25) is 4.68 Å². The van der Waals surface area contributed by atoms with Crippen LogP contribution >= 0.6 is 0 Å². The van der Waals surface area contributed by atoms with Crippen molar-refractivity contribution in [1.29, 1.82) is 5.26 Å². The van der Waals surface area contributed by atoms with E-state index in [0.29, 0.717) is 16.9 Å². The second-order valence-corrected chi connectivity index (χ2v) is 8.39. The van der Waals surface area contributed by atoms with Gasteiger partial charge in [-0.1, -0.05) is 5.31 Å². The van der Waals surface area contributed by atoms with Gasteiger partial charge >= 0.3 is 0 Å². The molecule has 0 amide bonds. The maximum Gasteiger partial charge on any atom is 0.141 e. The fourth-order valence-electron chi connectivity index (χ4n) is 4.55. The van der Waals surface area contributed by atoms with E-state index in [-0.39, 0.29) is 6.42 Å². The summed E-state index contributed by atoms with van der Waals surface area (Å²) < 4.78 is 1.36. The molecule has 1 N–H and O–H groups in total. The van der Waals surface area contributed by atoms with Crippen molar-refractivity contribution < 1.29 is 0 Å². The summed E-state index contributed by atoms with van der Waals surface area (Å²) in [6.45, 7) is 0. The van der Waals surface area contributed by atoms with E-state index in [1.165, 1.54) is 17.2 Å². The molecular weight excluding hydrogens is 386 g/mol. The van der Waals surface area contributed by atoms with Crippen LogP contribution in [0.3, 0.4) is 0 Å². The second-order valence-electron chi connectivity index (χ2n) is 8.39. The van der Waals surface area contributed by atoms with Crippen LogP contribution in [-0.2, 0) is 0 Å². The summed E-state index contributed by atoms with van der Waals surface area (Å²) in [5, 5.41) is 3.71. The third kappa shape index (κ3) is 2.56. The quantitative estimate of drug-likeness (QED) is 0.601. The predicted molar refractivity (Wildman–Crippen MR) is 130 cm³/mol. The largest absolute Gasteiger partial charge is 0.346 e. The first kappa shape index (κ1) is 23.1. The molecule has 0 unspecified atom stereocenters. The van der Waals surface area contributed by atoms with Crippen molar-refractivity contribution in [3.63, 3.8) is 0 Å². The summed E-state index contributed by atoms with van der Waals surface area (Å²) in [7, 11) is 56.6. The van der Waals surface area contributed by atoms with Gasteiger partial charge in [0.05, 0.1) is 101 Å². The Hall–Kier alpha value is -2.10. The van der Waals surface area contributed by atoms with Crippen molar-refractivity contribution in [3.05, 3.63) is 31.0 Å². The number of nitrogens with zero attached hydrogens (tertiary/aromatic N) is 5. The third-order valence-electron chi connectivity index (χ3n) is 6.78. The van der Waals surface area contributed by atoms with Crippen LogP contribution < -0.4 is 0 Å². The average Bonchev–Trinajstić information content (AvgIpc) is 3.40. The van der Waals surface area contributed by atoms with Crippen LogP contribution in [0.5, 0.6) is 0 Å². The molecule has 4 rings (SSSR count). The standard InChI is InChI=1S/C17H9B9N6/c18-13(14(19,20)16(23,24)17(25,26)15(13,21)22)10(1-3-27)32-6-8(5-31-32)11-9-2-4-28-12(9)30-7-29-11/h2,4-7,10H,1H2,(H,28,29,30)/t10-/m1/s1. The molecule has 1 aliphatic rings. The number of aromatic nitrogens is 5. The molecule has 3 aromatic rings. The van der Waals surface area contributed by atoms with Crippen molar-refractivity contribution >= 4 is 81.6 Å². The summed E-state index contributed by atoms with van der Waals surface area (Å²) in [6.07, 6.45) is 6.00. The summed E-state index contributed by atoms with van der Waals surface area (Å²) in [5.74, 6) is 0. The van der Waals surface area contributed by atoms with Crippen LogP contribution in [0.25, 0.3) is 22.3 Å². The molecule has 0 saturated heterocycles. The van der Waals surface area contributed by atoms with Crippen LogP contribution in [0.1, 0.15) is 12.5 Å². The zero-order chi connectivity index (χ0) is 23.7. The van der Waals surface area contributed by atoms with Gasteiger partial charge < -0.3 is 4.98 Å². The highest BCUT2D eigenvalue weighted by molar-refractivity contribution is 6.71. The molecule has 1 saturated carbocycles. The summed E-state index contributed by atoms with van der Waals surface area (Å²) in [5.41, 5.74) is 1.83. The lowest BCUT2D eigenvalue weighted by Crippen LogP contribution is -2.45. The van der Waals surface area contributed by atoms with Gasteiger partial charge in [-0.25, -0.2) is 9.97 Å². The maximum absolute atomic E-state index is 9.55. The van der Waals surface area contributed by atoms with Gasteiger partial charge in [0, 0.05) is 23.3 Å². The lowest BCUT2D eigenvalue weighted by molar-refractivity contribution is 0.303. The monoisotopic (exact) mass is 396 g/mol. The van der Waals surface area contributed by atoms with Crippen LogP contribution in [-0.4, -0.2) is 95.3 Å². The Labute approximate surface area is 198 Å². The number of nitriles is 1. The summed E-state index contributed by atoms with van der Waals surface area (Å²) in [4.78, 5) is 11.5. The Balaban J connectivity index is 1.89. The van der Waals surface area contributed by atoms with E-state index in [4.69, 9.17) is 70.6 Å². The Morgan fingerprint density at radius 3 is 2.19 bits per heavy atom. The molecule has 15 heteroatoms. The summed E-state index contributed by atoms with van der Waals surface area (Å²) in [6, 6.07) is 2.72. The molecular formula is C17H9B9N6. The molecule has 0 aliphatic heterocycles. The van der Waals surface area contributed by atoms with Crippen LogP contribution in [0, 0.1) is 11.3 Å². The first-order valence-electron chi connectivity index (χ1n) is 9.55. The smallest absolute Gasteiger partial charge is 0.141 e. The normalized spacial score (nSPS) is 22.8. The molecule has 0 aromatic carbocycles. The summed E-state index contributed by atoms with van der Waals surface area (Å²) >= 11 is 0. The fourth-order valence-corrected chi connectivity index (χ4v) is 4.55. The van der Waals surface area contributed by atoms with E-state index < -0.39 is 32.2 Å². The van der Waals surface area contributed by atoms with E-state index in [2.05, 4.69) is 20.1 Å². The van der Waals surface area contributed by atoms with Gasteiger partial charge in [0.25, 0.3) is 0 Å². The molecule has 3 aromatic heterocycles. The number of hydrogen-bond acceptors (Lipinski definition) is 4. The fraction of sp³-hybridized carbons (Fsp3) is 0.412. The highest BCUT2D eigenvalue weighted by Gasteiger charge is 2.71. The zero-order valence-corrected chi connectivity index (χ0v) is 17.1. The molecule has 0 bridgehead atoms. The SMILES string of the molecule is [B]C1([B])C([B])([B])C([B])([B])C([B])([C@@H](CC#N)n2cc(-c3ncnc4[nH]ccc34)cn2)C1([B])[B]. The van der Waals surface area contributed by atoms with Gasteiger partial charge in [-0.2, -0.15) is 10.4 Å². The number of hydrogen-bond donors (Lipinski definition) is 1. The van der Waals surface area contributed by atoms with Crippen LogP contribution in [0.4, 0.5) is 0 Å². The lowest BCUT2D eigenvalue weighted by Gasteiger charge is -2.57. The minimum atomic E-state index is -2.22. The maximum atomic E-state index is 9.55. The van der Waals surface area contributed by atoms with Gasteiger partial charge in [-0.05, 0) is 6.07 Å². The topological polar surface area (TPSA) is 83.2 Å². The molecule has 1 aliphatic carbocycles. The number of nitrogens with one attached hydrogen (secondary N) is 1. The van der Waals surface area contributed by atoms with Gasteiger partial charge in [-0.15, -0.1) is 20.9 Å². The van der Waals surface area contributed by atoms with Crippen LogP contribution in [0.2, 0.25) is 26.2 Å². The van der Waals surface area contributed by atoms with Crippen molar-refractivity contribution in [1.82, 2.24) is 24.7 Å². The van der Waals surface area contributed by atoms with E-state index >= 15 is 0 Å². The van der Waals surface area contributed by atoms with E-state index in [1.807, 2.05) is 12.1 Å². The number of H-pyrrole nitrogens is 1. The minimum Gasteiger partial charge on any atom is -0.346 e. The Kier molecular flexibility index (Phi) is 5.01. The van der Waals surface area contributed by atoms with Gasteiger partial charge in [0.2, 0.25) is 0 Å². The number of fused-ring (bicyclic) bond motifs is 1. The molecule has 0 spiro atoms. The lowest BCUT2D eigenvalue weighted by atomic mass is 9.17. The van der Waals surface area contributed by atoms with E-state index in [9.17, 15) is 5.26 Å².